The Bertz CT molecular complexity index is 908. The maximum Gasteiger partial charge on any atom is 0.152 e. The third-order valence-corrected chi connectivity index (χ3v) is 4.38. The normalized spacial score (nSPS) is 15.2. The Balaban J connectivity index is 1.72. The van der Waals surface area contributed by atoms with E-state index in [1.165, 1.54) is 18.4 Å². The number of rotatable bonds is 3. The second kappa shape index (κ2) is 5.51. The summed E-state index contributed by atoms with van der Waals surface area (Å²) in [7, 11) is 0. The minimum atomic E-state index is -0.00871. The summed E-state index contributed by atoms with van der Waals surface area (Å²) in [4.78, 5) is 9.12. The molecule has 0 radical (unpaired) electrons. The van der Waals surface area contributed by atoms with E-state index in [0.717, 1.165) is 22.3 Å². The number of hydrogen-bond donors (Lipinski definition) is 0. The Labute approximate surface area is 135 Å². The molecule has 4 rings (SSSR count). The zero-order chi connectivity index (χ0) is 15.8. The van der Waals surface area contributed by atoms with E-state index in [9.17, 15) is 0 Å². The fourth-order valence-electron chi connectivity index (χ4n) is 2.92. The van der Waals surface area contributed by atoms with Gasteiger partial charge in [0.05, 0.1) is 11.7 Å². The molecule has 1 fully saturated rings. The average Bonchev–Trinajstić information content (AvgIpc) is 3.34. The van der Waals surface area contributed by atoms with Crippen molar-refractivity contribution >= 4 is 10.9 Å². The number of nitrogens with zero attached hydrogens (tertiary/aromatic N) is 4. The van der Waals surface area contributed by atoms with Gasteiger partial charge in [-0.05, 0) is 50.3 Å². The lowest BCUT2D eigenvalue weighted by Crippen LogP contribution is -2.12. The lowest BCUT2D eigenvalue weighted by Gasteiger charge is -2.12. The van der Waals surface area contributed by atoms with Gasteiger partial charge in [0.15, 0.2) is 5.82 Å². The molecule has 1 aliphatic rings. The molecule has 0 saturated heterocycles. The molecule has 0 aliphatic heterocycles. The van der Waals surface area contributed by atoms with Gasteiger partial charge in [0, 0.05) is 23.3 Å². The molecule has 2 aromatic heterocycles. The summed E-state index contributed by atoms with van der Waals surface area (Å²) in [6, 6.07) is 6.10. The van der Waals surface area contributed by atoms with Gasteiger partial charge in [-0.25, -0.2) is 9.97 Å². The van der Waals surface area contributed by atoms with E-state index in [-0.39, 0.29) is 6.04 Å². The predicted molar refractivity (Wildman–Crippen MR) is 90.1 cm³/mol. The van der Waals surface area contributed by atoms with Crippen LogP contribution in [0.25, 0.3) is 10.9 Å². The van der Waals surface area contributed by atoms with Gasteiger partial charge in [-0.15, -0.1) is 5.92 Å². The average molecular weight is 302 g/mol. The maximum atomic E-state index is 4.56. The van der Waals surface area contributed by atoms with E-state index in [4.69, 9.17) is 0 Å². The Morgan fingerprint density at radius 1 is 1.17 bits per heavy atom. The van der Waals surface area contributed by atoms with Crippen LogP contribution in [0.4, 0.5) is 0 Å². The third kappa shape index (κ3) is 2.49. The van der Waals surface area contributed by atoms with Crippen LogP contribution in [-0.2, 0) is 0 Å². The fourth-order valence-corrected chi connectivity index (χ4v) is 2.92. The van der Waals surface area contributed by atoms with Gasteiger partial charge in [-0.1, -0.05) is 12.0 Å². The van der Waals surface area contributed by atoms with E-state index in [0.29, 0.717) is 5.92 Å². The van der Waals surface area contributed by atoms with Crippen LogP contribution in [0.3, 0.4) is 0 Å². The van der Waals surface area contributed by atoms with Gasteiger partial charge in [0.2, 0.25) is 0 Å². The van der Waals surface area contributed by atoms with Gasteiger partial charge in [-0.3, -0.25) is 4.68 Å². The second-order valence-electron chi connectivity index (χ2n) is 6.03. The Hall–Kier alpha value is -2.67. The minimum Gasteiger partial charge on any atom is -0.254 e. The fraction of sp³-hybridized carbons (Fsp3) is 0.316. The van der Waals surface area contributed by atoms with Crippen LogP contribution in [-0.4, -0.2) is 19.7 Å². The van der Waals surface area contributed by atoms with Crippen LogP contribution in [0.5, 0.6) is 0 Å². The molecule has 1 aromatic carbocycles. The SMILES string of the molecule is CC#Cc1cccc2c1cnn2C(C)c1ncc(C2CC2)cn1. The Morgan fingerprint density at radius 2 is 1.96 bits per heavy atom. The minimum absolute atomic E-state index is 0.00871. The van der Waals surface area contributed by atoms with E-state index in [2.05, 4.69) is 39.9 Å². The highest BCUT2D eigenvalue weighted by Gasteiger charge is 2.24. The largest absolute Gasteiger partial charge is 0.254 e. The molecule has 3 aromatic rings. The summed E-state index contributed by atoms with van der Waals surface area (Å²) >= 11 is 0. The monoisotopic (exact) mass is 302 g/mol. The molecule has 2 heterocycles. The lowest BCUT2D eigenvalue weighted by molar-refractivity contribution is 0.552. The Kier molecular flexibility index (Phi) is 3.34. The zero-order valence-electron chi connectivity index (χ0n) is 13.3. The molecule has 0 amide bonds. The van der Waals surface area contributed by atoms with E-state index in [1.807, 2.05) is 42.3 Å². The molecule has 1 atom stereocenters. The van der Waals surface area contributed by atoms with Crippen molar-refractivity contribution in [1.29, 1.82) is 0 Å². The molecular weight excluding hydrogens is 284 g/mol. The van der Waals surface area contributed by atoms with E-state index >= 15 is 0 Å². The summed E-state index contributed by atoms with van der Waals surface area (Å²) in [6.07, 6.45) is 8.35. The van der Waals surface area contributed by atoms with Crippen molar-refractivity contribution in [2.45, 2.75) is 38.6 Å². The molecule has 1 aliphatic carbocycles. The molecule has 0 N–H and O–H groups in total. The molecular formula is C19H18N4. The number of fused-ring (bicyclic) bond motifs is 1. The smallest absolute Gasteiger partial charge is 0.152 e. The van der Waals surface area contributed by atoms with Crippen molar-refractivity contribution in [1.82, 2.24) is 19.7 Å². The summed E-state index contributed by atoms with van der Waals surface area (Å²) in [6.45, 7) is 3.93. The van der Waals surface area contributed by atoms with Crippen LogP contribution in [0.15, 0.2) is 36.8 Å². The number of hydrogen-bond acceptors (Lipinski definition) is 3. The van der Waals surface area contributed by atoms with E-state index < -0.39 is 0 Å². The highest BCUT2D eigenvalue weighted by atomic mass is 15.3. The van der Waals surface area contributed by atoms with Gasteiger partial charge >= 0.3 is 0 Å². The van der Waals surface area contributed by atoms with Crippen LogP contribution < -0.4 is 0 Å². The molecule has 114 valence electrons. The summed E-state index contributed by atoms with van der Waals surface area (Å²) in [5.41, 5.74) is 3.33. The quantitative estimate of drug-likeness (QED) is 0.693. The molecule has 1 unspecified atom stereocenters. The number of aromatic nitrogens is 4. The predicted octanol–water partition coefficient (Wildman–Crippen LogP) is 3.68. The van der Waals surface area contributed by atoms with Gasteiger partial charge in [0.25, 0.3) is 0 Å². The first-order valence-corrected chi connectivity index (χ1v) is 7.98. The molecule has 23 heavy (non-hydrogen) atoms. The third-order valence-electron chi connectivity index (χ3n) is 4.38. The first-order chi connectivity index (χ1) is 11.3. The van der Waals surface area contributed by atoms with Crippen molar-refractivity contribution < 1.29 is 0 Å². The number of benzene rings is 1. The lowest BCUT2D eigenvalue weighted by atomic mass is 10.1. The first-order valence-electron chi connectivity index (χ1n) is 7.98. The van der Waals surface area contributed by atoms with Crippen LogP contribution >= 0.6 is 0 Å². The maximum absolute atomic E-state index is 4.56. The van der Waals surface area contributed by atoms with Crippen LogP contribution in [0, 0.1) is 11.8 Å². The van der Waals surface area contributed by atoms with Crippen molar-refractivity contribution in [3.8, 4) is 11.8 Å². The highest BCUT2D eigenvalue weighted by Crippen LogP contribution is 2.39. The first kappa shape index (κ1) is 14.0. The van der Waals surface area contributed by atoms with Crippen molar-refractivity contribution in [3.63, 3.8) is 0 Å². The van der Waals surface area contributed by atoms with Crippen LogP contribution in [0.1, 0.15) is 55.6 Å². The van der Waals surface area contributed by atoms with Gasteiger partial charge < -0.3 is 0 Å². The molecule has 4 nitrogen and oxygen atoms in total. The van der Waals surface area contributed by atoms with E-state index in [1.54, 1.807) is 0 Å². The van der Waals surface area contributed by atoms with Crippen molar-refractivity contribution in [2.24, 2.45) is 0 Å². The topological polar surface area (TPSA) is 43.6 Å². The Morgan fingerprint density at radius 3 is 2.65 bits per heavy atom. The summed E-state index contributed by atoms with van der Waals surface area (Å²) in [5, 5.41) is 5.63. The van der Waals surface area contributed by atoms with Crippen LogP contribution in [0.2, 0.25) is 0 Å². The molecule has 1 saturated carbocycles. The zero-order valence-corrected chi connectivity index (χ0v) is 13.3. The van der Waals surface area contributed by atoms with Gasteiger partial charge in [-0.2, -0.15) is 5.10 Å². The standard InChI is InChI=1S/C19H18N4/c1-3-5-15-6-4-7-18-17(15)12-22-23(18)13(2)19-20-10-16(11-21-19)14-8-9-14/h4,6-7,10-14H,8-9H2,1-2H3. The molecule has 0 bridgehead atoms. The van der Waals surface area contributed by atoms with Gasteiger partial charge in [0.1, 0.15) is 6.04 Å². The second-order valence-corrected chi connectivity index (χ2v) is 6.03. The molecule has 4 heteroatoms. The molecule has 0 spiro atoms. The highest BCUT2D eigenvalue weighted by molar-refractivity contribution is 5.85. The van der Waals surface area contributed by atoms with Crippen molar-refractivity contribution in [2.75, 3.05) is 0 Å². The summed E-state index contributed by atoms with van der Waals surface area (Å²) in [5.74, 6) is 7.57. The van der Waals surface area contributed by atoms with Crippen molar-refractivity contribution in [3.05, 3.63) is 53.7 Å². The summed E-state index contributed by atoms with van der Waals surface area (Å²) < 4.78 is 1.97.